The van der Waals surface area contributed by atoms with Crippen molar-refractivity contribution in [3.63, 3.8) is 0 Å². The summed E-state index contributed by atoms with van der Waals surface area (Å²) in [6.07, 6.45) is -1.15. The van der Waals surface area contributed by atoms with E-state index in [1.807, 2.05) is 0 Å². The van der Waals surface area contributed by atoms with Crippen molar-refractivity contribution < 1.29 is 34.8 Å². The number of carboxylic acids is 2. The van der Waals surface area contributed by atoms with Crippen molar-refractivity contribution in [1.29, 1.82) is 0 Å². The fourth-order valence-corrected chi connectivity index (χ4v) is 4.18. The second-order valence-electron chi connectivity index (χ2n) is 6.97. The summed E-state index contributed by atoms with van der Waals surface area (Å²) < 4.78 is 7.33. The number of carbonyl (C=O) groups is 2. The van der Waals surface area contributed by atoms with Gasteiger partial charge in [0.15, 0.2) is 23.2 Å². The summed E-state index contributed by atoms with van der Waals surface area (Å²) in [4.78, 5) is 33.9. The molecule has 1 fully saturated rings. The Hall–Kier alpha value is -2.52. The number of aliphatic carboxylic acids is 2. The van der Waals surface area contributed by atoms with Crippen LogP contribution in [0.2, 0.25) is 0 Å². The third-order valence-electron chi connectivity index (χ3n) is 4.77. The highest BCUT2D eigenvalue weighted by Gasteiger charge is 2.44. The zero-order valence-corrected chi connectivity index (χ0v) is 17.2. The Morgan fingerprint density at radius 2 is 2.03 bits per heavy atom. The fraction of sp³-hybridized carbons (Fsp3) is 0.588. The number of hydrogen-bond acceptors (Lipinski definition) is 11. The van der Waals surface area contributed by atoms with Crippen molar-refractivity contribution >= 4 is 40.7 Å². The average Bonchev–Trinajstić information content (AvgIpc) is 3.27. The summed E-state index contributed by atoms with van der Waals surface area (Å²) in [7, 11) is 0. The molecule has 13 nitrogen and oxygen atoms in total. The van der Waals surface area contributed by atoms with Gasteiger partial charge >= 0.3 is 11.9 Å². The maximum absolute atomic E-state index is 10.8. The minimum atomic E-state index is -1.23. The number of aliphatic hydroxyl groups is 2. The maximum atomic E-state index is 10.8. The van der Waals surface area contributed by atoms with Crippen molar-refractivity contribution in [3.8, 4) is 0 Å². The van der Waals surface area contributed by atoms with Crippen LogP contribution < -0.4 is 11.1 Å². The van der Waals surface area contributed by atoms with Crippen LogP contribution in [-0.2, 0) is 14.3 Å². The van der Waals surface area contributed by atoms with Crippen LogP contribution in [0.1, 0.15) is 19.1 Å². The first-order valence-electron chi connectivity index (χ1n) is 9.50. The maximum Gasteiger partial charge on any atom is 0.320 e. The molecule has 0 amide bonds. The number of ether oxygens (including phenoxy) is 1. The molecule has 1 saturated heterocycles. The fourth-order valence-electron chi connectivity index (χ4n) is 3.09. The largest absolute Gasteiger partial charge is 0.481 e. The van der Waals surface area contributed by atoms with Crippen LogP contribution in [-0.4, -0.2) is 94.3 Å². The lowest BCUT2D eigenvalue weighted by atomic mass is 10.1. The Bertz CT molecular complexity index is 928. The number of aromatic nitrogens is 4. The predicted molar refractivity (Wildman–Crippen MR) is 110 cm³/mol. The standard InChI is InChI=1S/C17H24N6O7S/c18-8(17(28)29)2-4-31-5-9-12(26)13(27)16(30-9)23-7-22-11-14(19-3-1-10(24)25)20-6-21-15(11)23/h6-9,12-13,16,26-27H,1-5,18H2,(H,24,25)(H,28,29)(H,19,20,21)/t8-,9+,12+,13+,16+/m0/s1. The second kappa shape index (κ2) is 10.2. The highest BCUT2D eigenvalue weighted by atomic mass is 32.2. The van der Waals surface area contributed by atoms with Gasteiger partial charge in [-0.25, -0.2) is 15.0 Å². The lowest BCUT2D eigenvalue weighted by Gasteiger charge is -2.16. The number of nitrogens with one attached hydrogen (secondary N) is 1. The van der Waals surface area contributed by atoms with Gasteiger partial charge < -0.3 is 36.2 Å². The van der Waals surface area contributed by atoms with Crippen molar-refractivity contribution in [3.05, 3.63) is 12.7 Å². The van der Waals surface area contributed by atoms with E-state index >= 15 is 0 Å². The monoisotopic (exact) mass is 456 g/mol. The third kappa shape index (κ3) is 5.40. The van der Waals surface area contributed by atoms with E-state index in [1.165, 1.54) is 29.0 Å². The molecule has 170 valence electrons. The van der Waals surface area contributed by atoms with E-state index in [-0.39, 0.29) is 19.4 Å². The number of carboxylic acid groups (broad SMARTS) is 2. The van der Waals surface area contributed by atoms with Crippen LogP contribution in [0.25, 0.3) is 11.2 Å². The van der Waals surface area contributed by atoms with Crippen LogP contribution in [0.15, 0.2) is 12.7 Å². The molecule has 1 aliphatic rings. The third-order valence-corrected chi connectivity index (χ3v) is 5.86. The molecule has 0 aromatic carbocycles. The molecule has 1 aliphatic heterocycles. The molecule has 3 rings (SSSR count). The van der Waals surface area contributed by atoms with Crippen LogP contribution in [0.5, 0.6) is 0 Å². The second-order valence-corrected chi connectivity index (χ2v) is 8.12. The van der Waals surface area contributed by atoms with Crippen LogP contribution >= 0.6 is 11.8 Å². The summed E-state index contributed by atoms with van der Waals surface area (Å²) in [5.74, 6) is -0.870. The van der Waals surface area contributed by atoms with Gasteiger partial charge in [0.05, 0.1) is 18.9 Å². The van der Waals surface area contributed by atoms with Gasteiger partial charge in [-0.1, -0.05) is 0 Å². The molecule has 0 saturated carbocycles. The Morgan fingerprint density at radius 3 is 2.74 bits per heavy atom. The molecule has 7 N–H and O–H groups in total. The highest BCUT2D eigenvalue weighted by Crippen LogP contribution is 2.33. The molecule has 0 spiro atoms. The molecule has 0 radical (unpaired) electrons. The molecule has 0 aliphatic carbocycles. The van der Waals surface area contributed by atoms with Crippen molar-refractivity contribution in [1.82, 2.24) is 19.5 Å². The van der Waals surface area contributed by atoms with E-state index in [0.717, 1.165) is 0 Å². The van der Waals surface area contributed by atoms with E-state index in [1.54, 1.807) is 0 Å². The van der Waals surface area contributed by atoms with E-state index in [9.17, 15) is 19.8 Å². The SMILES string of the molecule is N[C@@H](CCSC[C@H]1O[C@@H](n2cnc3c(NCCC(=O)O)ncnc32)[C@H](O)[C@@H]1O)C(=O)O. The average molecular weight is 456 g/mol. The Labute approximate surface area is 180 Å². The van der Waals surface area contributed by atoms with Gasteiger partial charge in [0, 0.05) is 12.3 Å². The van der Waals surface area contributed by atoms with Gasteiger partial charge in [-0.05, 0) is 12.2 Å². The van der Waals surface area contributed by atoms with E-state index < -0.39 is 42.5 Å². The Balaban J connectivity index is 1.65. The van der Waals surface area contributed by atoms with Crippen LogP contribution in [0.3, 0.4) is 0 Å². The zero-order chi connectivity index (χ0) is 22.5. The van der Waals surface area contributed by atoms with Crippen molar-refractivity contribution in [2.75, 3.05) is 23.4 Å². The summed E-state index contributed by atoms with van der Waals surface area (Å²) >= 11 is 1.37. The number of nitrogens with zero attached hydrogens (tertiary/aromatic N) is 4. The molecule has 31 heavy (non-hydrogen) atoms. The van der Waals surface area contributed by atoms with Gasteiger partial charge in [-0.15, -0.1) is 0 Å². The van der Waals surface area contributed by atoms with Crippen molar-refractivity contribution in [2.24, 2.45) is 5.73 Å². The van der Waals surface area contributed by atoms with E-state index in [4.69, 9.17) is 20.7 Å². The van der Waals surface area contributed by atoms with Gasteiger partial charge in [0.2, 0.25) is 0 Å². The molecule has 3 heterocycles. The molecule has 2 aromatic heterocycles. The smallest absolute Gasteiger partial charge is 0.320 e. The molecule has 0 bridgehead atoms. The predicted octanol–water partition coefficient (Wildman–Crippen LogP) is -1.13. The van der Waals surface area contributed by atoms with Gasteiger partial charge in [0.25, 0.3) is 0 Å². The number of nitrogens with two attached hydrogens (primary N) is 1. The van der Waals surface area contributed by atoms with E-state index in [0.29, 0.717) is 28.5 Å². The van der Waals surface area contributed by atoms with Gasteiger partial charge in [-0.2, -0.15) is 11.8 Å². The van der Waals surface area contributed by atoms with Gasteiger partial charge in [-0.3, -0.25) is 14.2 Å². The number of rotatable bonds is 11. The molecule has 14 heteroatoms. The molecular weight excluding hydrogens is 432 g/mol. The molecule has 5 atom stereocenters. The minimum Gasteiger partial charge on any atom is -0.481 e. The zero-order valence-electron chi connectivity index (χ0n) is 16.4. The number of hydrogen-bond donors (Lipinski definition) is 6. The number of fused-ring (bicyclic) bond motifs is 1. The van der Waals surface area contributed by atoms with Gasteiger partial charge in [0.1, 0.15) is 24.6 Å². The summed E-state index contributed by atoms with van der Waals surface area (Å²) in [5.41, 5.74) is 6.19. The first-order valence-corrected chi connectivity index (χ1v) is 10.7. The molecule has 2 aromatic rings. The van der Waals surface area contributed by atoms with Crippen LogP contribution in [0, 0.1) is 0 Å². The normalized spacial score (nSPS) is 24.4. The molecule has 0 unspecified atom stereocenters. The quantitative estimate of drug-likeness (QED) is 0.222. The number of aliphatic hydroxyl groups excluding tert-OH is 2. The van der Waals surface area contributed by atoms with Crippen LogP contribution in [0.4, 0.5) is 5.82 Å². The first-order chi connectivity index (χ1) is 14.8. The highest BCUT2D eigenvalue weighted by molar-refractivity contribution is 7.99. The topological polar surface area (TPSA) is 206 Å². The van der Waals surface area contributed by atoms with E-state index in [2.05, 4.69) is 20.3 Å². The first kappa shape index (κ1) is 23.1. The Kier molecular flexibility index (Phi) is 7.61. The minimum absolute atomic E-state index is 0.0977. The number of thioether (sulfide) groups is 1. The lowest BCUT2D eigenvalue weighted by Crippen LogP contribution is -2.33. The lowest BCUT2D eigenvalue weighted by molar-refractivity contribution is -0.138. The summed E-state index contributed by atoms with van der Waals surface area (Å²) in [5, 5.41) is 41.3. The number of anilines is 1. The molecular formula is C17H24N6O7S. The Morgan fingerprint density at radius 1 is 1.26 bits per heavy atom. The summed E-state index contributed by atoms with van der Waals surface area (Å²) in [6, 6.07) is -0.949. The number of imidazole rings is 1. The van der Waals surface area contributed by atoms with Crippen molar-refractivity contribution in [2.45, 2.75) is 43.4 Å². The summed E-state index contributed by atoms with van der Waals surface area (Å²) in [6.45, 7) is 0.153.